The van der Waals surface area contributed by atoms with Gasteiger partial charge in [0.15, 0.2) is 0 Å². The minimum absolute atomic E-state index is 0.106. The summed E-state index contributed by atoms with van der Waals surface area (Å²) in [6, 6.07) is -0.501. The molecular formula is C14H20N2O2. The van der Waals surface area contributed by atoms with Crippen LogP contribution in [-0.2, 0) is 9.59 Å². The Bertz CT molecular complexity index is 386. The number of piperazine rings is 1. The number of unbranched alkanes of at least 4 members (excludes halogenated alkanes) is 2. The maximum absolute atomic E-state index is 12.3. The fraction of sp³-hybridized carbons (Fsp3) is 0.714. The van der Waals surface area contributed by atoms with Crippen molar-refractivity contribution in [2.45, 2.75) is 51.1 Å². The summed E-state index contributed by atoms with van der Waals surface area (Å²) in [7, 11) is 0. The van der Waals surface area contributed by atoms with Gasteiger partial charge >= 0.3 is 0 Å². The number of rotatable bonds is 4. The van der Waals surface area contributed by atoms with Crippen molar-refractivity contribution in [2.75, 3.05) is 13.1 Å². The molecule has 2 unspecified atom stereocenters. The van der Waals surface area contributed by atoms with Crippen LogP contribution in [0.1, 0.15) is 39.0 Å². The Hall–Kier alpha value is -1.50. The molecule has 98 valence electrons. The molecule has 0 bridgehead atoms. The highest BCUT2D eigenvalue weighted by Gasteiger charge is 2.45. The summed E-state index contributed by atoms with van der Waals surface area (Å²) in [5.74, 6) is 2.83. The lowest BCUT2D eigenvalue weighted by Gasteiger charge is -2.41. The first-order valence-electron chi connectivity index (χ1n) is 6.71. The summed E-state index contributed by atoms with van der Waals surface area (Å²) >= 11 is 0. The van der Waals surface area contributed by atoms with Crippen molar-refractivity contribution in [3.05, 3.63) is 0 Å². The van der Waals surface area contributed by atoms with Crippen LogP contribution in [0.15, 0.2) is 0 Å². The van der Waals surface area contributed by atoms with Crippen molar-refractivity contribution in [1.29, 1.82) is 0 Å². The van der Waals surface area contributed by atoms with E-state index in [0.717, 1.165) is 38.6 Å². The molecule has 0 aromatic heterocycles. The smallest absolute Gasteiger partial charge is 0.246 e. The molecule has 18 heavy (non-hydrogen) atoms. The van der Waals surface area contributed by atoms with E-state index in [9.17, 15) is 9.59 Å². The van der Waals surface area contributed by atoms with Gasteiger partial charge in [0.1, 0.15) is 12.1 Å². The second-order valence-corrected chi connectivity index (χ2v) is 5.06. The Morgan fingerprint density at radius 2 is 2.11 bits per heavy atom. The number of hydrogen-bond donors (Lipinski definition) is 0. The lowest BCUT2D eigenvalue weighted by atomic mass is 10.1. The van der Waals surface area contributed by atoms with Crippen LogP contribution in [-0.4, -0.2) is 46.8 Å². The third kappa shape index (κ3) is 2.22. The van der Waals surface area contributed by atoms with Gasteiger partial charge < -0.3 is 9.80 Å². The highest BCUT2D eigenvalue weighted by molar-refractivity contribution is 5.97. The van der Waals surface area contributed by atoms with Crippen LogP contribution < -0.4 is 0 Å². The number of amides is 2. The third-order valence-electron chi connectivity index (χ3n) is 3.90. The maximum atomic E-state index is 12.3. The lowest BCUT2D eigenvalue weighted by Crippen LogP contribution is -2.61. The zero-order chi connectivity index (χ0) is 13.1. The summed E-state index contributed by atoms with van der Waals surface area (Å²) in [6.45, 7) is 3.22. The molecule has 0 aromatic rings. The van der Waals surface area contributed by atoms with Crippen molar-refractivity contribution in [3.8, 4) is 12.3 Å². The monoisotopic (exact) mass is 248 g/mol. The Kier molecular flexibility index (Phi) is 3.90. The molecule has 2 saturated heterocycles. The van der Waals surface area contributed by atoms with Crippen molar-refractivity contribution >= 4 is 11.8 Å². The lowest BCUT2D eigenvalue weighted by molar-refractivity contribution is -0.158. The number of nitrogens with zero attached hydrogens (tertiary/aromatic N) is 2. The van der Waals surface area contributed by atoms with Gasteiger partial charge in [0.05, 0.1) is 0 Å². The highest BCUT2D eigenvalue weighted by Crippen LogP contribution is 2.26. The maximum Gasteiger partial charge on any atom is 0.246 e. The molecule has 0 spiro atoms. The molecule has 2 rings (SSSR count). The van der Waals surface area contributed by atoms with Crippen molar-refractivity contribution in [1.82, 2.24) is 9.80 Å². The van der Waals surface area contributed by atoms with Crippen LogP contribution in [0, 0.1) is 12.3 Å². The number of carbonyl (C=O) groups is 2. The van der Waals surface area contributed by atoms with E-state index in [0.29, 0.717) is 6.54 Å². The Balaban J connectivity index is 1.99. The highest BCUT2D eigenvalue weighted by atomic mass is 16.2. The first-order chi connectivity index (χ1) is 8.66. The molecule has 2 heterocycles. The van der Waals surface area contributed by atoms with Gasteiger partial charge in [0.25, 0.3) is 0 Å². The second-order valence-electron chi connectivity index (χ2n) is 5.06. The first-order valence-corrected chi connectivity index (χ1v) is 6.71. The Morgan fingerprint density at radius 3 is 2.83 bits per heavy atom. The predicted molar refractivity (Wildman–Crippen MR) is 68.6 cm³/mol. The molecule has 0 saturated carbocycles. The second kappa shape index (κ2) is 5.43. The van der Waals surface area contributed by atoms with E-state index in [4.69, 9.17) is 6.42 Å². The van der Waals surface area contributed by atoms with E-state index >= 15 is 0 Å². The van der Waals surface area contributed by atoms with Crippen LogP contribution >= 0.6 is 0 Å². The SMILES string of the molecule is C#CCCCCN1C(=O)C2CCCN2C(=O)C1C. The van der Waals surface area contributed by atoms with Gasteiger partial charge in [-0.05, 0) is 32.6 Å². The molecule has 0 N–H and O–H groups in total. The molecule has 2 aliphatic heterocycles. The van der Waals surface area contributed by atoms with Crippen LogP contribution in [0.3, 0.4) is 0 Å². The van der Waals surface area contributed by atoms with Crippen molar-refractivity contribution in [2.24, 2.45) is 0 Å². The third-order valence-corrected chi connectivity index (χ3v) is 3.90. The summed E-state index contributed by atoms with van der Waals surface area (Å²) in [6.07, 6.45) is 9.49. The minimum Gasteiger partial charge on any atom is -0.329 e. The Labute approximate surface area is 108 Å². The molecule has 0 aliphatic carbocycles. The molecule has 2 aliphatic rings. The minimum atomic E-state index is -0.308. The van der Waals surface area contributed by atoms with Gasteiger partial charge in [-0.2, -0.15) is 0 Å². The van der Waals surface area contributed by atoms with Crippen LogP contribution in [0.5, 0.6) is 0 Å². The summed E-state index contributed by atoms with van der Waals surface area (Å²) in [5, 5.41) is 0. The molecule has 2 fully saturated rings. The average Bonchev–Trinajstić information content (AvgIpc) is 2.85. The van der Waals surface area contributed by atoms with Gasteiger partial charge in [-0.1, -0.05) is 0 Å². The molecule has 2 atom stereocenters. The summed E-state index contributed by atoms with van der Waals surface area (Å²) < 4.78 is 0. The van der Waals surface area contributed by atoms with Gasteiger partial charge in [-0.25, -0.2) is 0 Å². The normalized spacial score (nSPS) is 27.3. The number of carbonyl (C=O) groups excluding carboxylic acids is 2. The fourth-order valence-corrected chi connectivity index (χ4v) is 2.86. The quantitative estimate of drug-likeness (QED) is 0.550. The standard InChI is InChI=1S/C14H20N2O2/c1-3-4-5-6-9-15-11(2)13(17)16-10-7-8-12(16)14(15)18/h1,11-12H,4-10H2,2H3. The van der Waals surface area contributed by atoms with Gasteiger partial charge in [-0.15, -0.1) is 12.3 Å². The topological polar surface area (TPSA) is 40.6 Å². The molecular weight excluding hydrogens is 228 g/mol. The van der Waals surface area contributed by atoms with E-state index in [1.54, 1.807) is 9.80 Å². The van der Waals surface area contributed by atoms with Crippen LogP contribution in [0.4, 0.5) is 0 Å². The Morgan fingerprint density at radius 1 is 1.33 bits per heavy atom. The summed E-state index contributed by atoms with van der Waals surface area (Å²) in [5.41, 5.74) is 0. The average molecular weight is 248 g/mol. The first kappa shape index (κ1) is 12.9. The predicted octanol–water partition coefficient (Wildman–Crippen LogP) is 1.01. The van der Waals surface area contributed by atoms with E-state index in [-0.39, 0.29) is 23.9 Å². The summed E-state index contributed by atoms with van der Waals surface area (Å²) in [4.78, 5) is 28.0. The molecule has 0 radical (unpaired) electrons. The van der Waals surface area contributed by atoms with Crippen LogP contribution in [0.2, 0.25) is 0 Å². The van der Waals surface area contributed by atoms with E-state index < -0.39 is 0 Å². The van der Waals surface area contributed by atoms with E-state index in [2.05, 4.69) is 5.92 Å². The fourth-order valence-electron chi connectivity index (χ4n) is 2.86. The number of fused-ring (bicyclic) bond motifs is 1. The zero-order valence-electron chi connectivity index (χ0n) is 10.9. The molecule has 0 aromatic carbocycles. The number of terminal acetylenes is 1. The molecule has 2 amide bonds. The molecule has 4 nitrogen and oxygen atoms in total. The van der Waals surface area contributed by atoms with E-state index in [1.807, 2.05) is 6.92 Å². The molecule has 4 heteroatoms. The zero-order valence-corrected chi connectivity index (χ0v) is 10.9. The largest absolute Gasteiger partial charge is 0.329 e. The van der Waals surface area contributed by atoms with Crippen molar-refractivity contribution < 1.29 is 9.59 Å². The van der Waals surface area contributed by atoms with Crippen molar-refractivity contribution in [3.63, 3.8) is 0 Å². The van der Waals surface area contributed by atoms with Gasteiger partial charge in [0, 0.05) is 19.5 Å². The number of hydrogen-bond acceptors (Lipinski definition) is 2. The van der Waals surface area contributed by atoms with Gasteiger partial charge in [-0.3, -0.25) is 9.59 Å². The van der Waals surface area contributed by atoms with Crippen LogP contribution in [0.25, 0.3) is 0 Å². The van der Waals surface area contributed by atoms with Gasteiger partial charge in [0.2, 0.25) is 11.8 Å². The van der Waals surface area contributed by atoms with E-state index in [1.165, 1.54) is 0 Å².